The van der Waals surface area contributed by atoms with E-state index in [0.717, 1.165) is 61.0 Å². The molecule has 50 heavy (non-hydrogen) atoms. The minimum absolute atomic E-state index is 0.0930. The SMILES string of the molecule is CC(OC(=O)c1ccc([N+](=O)[O-])cc1)=C(C(=O)O)N1C(=O)C(NC(=O)COc2ccccc2)C1SSc1nc2cccc(CC(Cl)(Cl)Cl)c2s1. The molecule has 260 valence electrons. The number of carboxylic acid groups (broad SMARTS) is 1. The van der Waals surface area contributed by atoms with Gasteiger partial charge in [-0.15, -0.1) is 11.3 Å². The summed E-state index contributed by atoms with van der Waals surface area (Å²) in [6.45, 7) is 0.768. The molecule has 0 radical (unpaired) electrons. The van der Waals surface area contributed by atoms with Crippen LogP contribution in [0, 0.1) is 10.1 Å². The van der Waals surface area contributed by atoms with Gasteiger partial charge in [0.2, 0.25) is 0 Å². The Labute approximate surface area is 310 Å². The quantitative estimate of drug-likeness (QED) is 0.0213. The number of ether oxygens (including phenoxy) is 2. The number of carbonyl (C=O) groups excluding carboxylic acids is 3. The molecule has 2 heterocycles. The minimum atomic E-state index is -1.59. The number of likely N-dealkylation sites (tertiary alicyclic amines) is 1. The molecule has 0 aliphatic carbocycles. The van der Waals surface area contributed by atoms with Crippen LogP contribution in [0.4, 0.5) is 5.69 Å². The first-order valence-corrected chi connectivity index (χ1v) is 18.4. The average Bonchev–Trinajstić information content (AvgIpc) is 3.50. The van der Waals surface area contributed by atoms with E-state index in [0.29, 0.717) is 15.6 Å². The van der Waals surface area contributed by atoms with Gasteiger partial charge in [-0.1, -0.05) is 75.9 Å². The van der Waals surface area contributed by atoms with Gasteiger partial charge >= 0.3 is 11.9 Å². The Morgan fingerprint density at radius 2 is 1.78 bits per heavy atom. The van der Waals surface area contributed by atoms with Crippen LogP contribution in [-0.2, 0) is 25.5 Å². The van der Waals surface area contributed by atoms with E-state index in [1.807, 2.05) is 6.07 Å². The molecule has 4 aromatic rings. The number of hydrogen-bond donors (Lipinski definition) is 2. The number of hydrogen-bond acceptors (Lipinski definition) is 12. The minimum Gasteiger partial charge on any atom is -0.484 e. The normalized spacial score (nSPS) is 16.3. The smallest absolute Gasteiger partial charge is 0.356 e. The van der Waals surface area contributed by atoms with Crippen molar-refractivity contribution < 1.29 is 38.7 Å². The van der Waals surface area contributed by atoms with E-state index in [4.69, 9.17) is 44.3 Å². The van der Waals surface area contributed by atoms with E-state index in [9.17, 15) is 34.4 Å². The number of nitrogens with one attached hydrogen (secondary N) is 1. The Kier molecular flexibility index (Phi) is 11.8. The molecule has 0 spiro atoms. The number of halogens is 3. The maximum absolute atomic E-state index is 13.5. The van der Waals surface area contributed by atoms with Gasteiger partial charge in [-0.3, -0.25) is 24.6 Å². The number of carboxylic acids is 1. The van der Waals surface area contributed by atoms with E-state index in [-0.39, 0.29) is 17.7 Å². The Bertz CT molecular complexity index is 1990. The Hall–Kier alpha value is -4.06. The number of aromatic nitrogens is 1. The standard InChI is InChI=1S/C31H23Cl3N4O9S3/c1-16(47-29(43)17-10-12-19(13-11-17)38(44)45)24(28(41)42)37-26(40)23(36-22(39)15-46-20-7-3-2-4-8-20)27(37)49-50-30-35-21-9-5-6-18(25(21)48-30)14-31(32,33)34/h2-13,23,27H,14-15H2,1H3,(H,36,39)(H,41,42). The molecule has 1 aliphatic rings. The molecule has 19 heteroatoms. The van der Waals surface area contributed by atoms with E-state index in [1.54, 1.807) is 42.5 Å². The van der Waals surface area contributed by atoms with Crippen LogP contribution in [0.3, 0.4) is 0 Å². The van der Waals surface area contributed by atoms with Crippen LogP contribution in [0.25, 0.3) is 10.2 Å². The molecular weight excluding hydrogens is 775 g/mol. The number of benzene rings is 3. The van der Waals surface area contributed by atoms with Gasteiger partial charge in [0.05, 0.1) is 20.7 Å². The molecule has 1 aromatic heterocycles. The summed E-state index contributed by atoms with van der Waals surface area (Å²) in [5, 5.41) is 22.8. The Morgan fingerprint density at radius 1 is 1.08 bits per heavy atom. The highest BCUT2D eigenvalue weighted by molar-refractivity contribution is 8.77. The number of fused-ring (bicyclic) bond motifs is 1. The van der Waals surface area contributed by atoms with Crippen molar-refractivity contribution >= 4 is 107 Å². The summed E-state index contributed by atoms with van der Waals surface area (Å²) in [5.74, 6) is -4.02. The van der Waals surface area contributed by atoms with Gasteiger partial charge in [-0.05, 0) is 53.6 Å². The molecule has 5 rings (SSSR count). The fourth-order valence-corrected chi connectivity index (χ4v) is 9.11. The zero-order valence-electron chi connectivity index (χ0n) is 25.4. The summed E-state index contributed by atoms with van der Waals surface area (Å²) < 4.78 is 10.6. The van der Waals surface area contributed by atoms with Crippen molar-refractivity contribution in [2.45, 2.75) is 32.9 Å². The van der Waals surface area contributed by atoms with Gasteiger partial charge < -0.3 is 19.9 Å². The van der Waals surface area contributed by atoms with Gasteiger partial charge in [0.25, 0.3) is 17.5 Å². The van der Waals surface area contributed by atoms with E-state index >= 15 is 0 Å². The molecule has 13 nitrogen and oxygen atoms in total. The fourth-order valence-electron chi connectivity index (χ4n) is 4.67. The first-order chi connectivity index (χ1) is 23.7. The monoisotopic (exact) mass is 796 g/mol. The van der Waals surface area contributed by atoms with E-state index in [2.05, 4.69) is 10.3 Å². The van der Waals surface area contributed by atoms with Gasteiger partial charge in [-0.2, -0.15) is 0 Å². The summed E-state index contributed by atoms with van der Waals surface area (Å²) in [4.78, 5) is 67.6. The second-order valence-electron chi connectivity index (χ2n) is 10.4. The molecular formula is C31H23Cl3N4O9S3. The van der Waals surface area contributed by atoms with E-state index in [1.165, 1.54) is 18.3 Å². The van der Waals surface area contributed by atoms with Gasteiger partial charge in [0, 0.05) is 18.6 Å². The molecule has 2 N–H and O–H groups in total. The van der Waals surface area contributed by atoms with Crippen molar-refractivity contribution in [3.8, 4) is 5.75 Å². The van der Waals surface area contributed by atoms with Crippen molar-refractivity contribution in [3.05, 3.63) is 105 Å². The van der Waals surface area contributed by atoms with Crippen LogP contribution in [0.5, 0.6) is 5.75 Å². The molecule has 2 unspecified atom stereocenters. The summed E-state index contributed by atoms with van der Waals surface area (Å²) >= 11 is 19.4. The number of allylic oxidation sites excluding steroid dienone is 1. The predicted octanol–water partition coefficient (Wildman–Crippen LogP) is 6.76. The van der Waals surface area contributed by atoms with Crippen molar-refractivity contribution in [1.82, 2.24) is 15.2 Å². The Morgan fingerprint density at radius 3 is 2.42 bits per heavy atom. The number of nitro benzene ring substituents is 1. The summed E-state index contributed by atoms with van der Waals surface area (Å²) in [7, 11) is 2.17. The fraction of sp³-hybridized carbons (Fsp3) is 0.194. The number of nitrogens with zero attached hydrogens (tertiary/aromatic N) is 3. The number of carbonyl (C=O) groups is 4. The molecule has 2 amide bonds. The third kappa shape index (κ3) is 8.99. The maximum Gasteiger partial charge on any atom is 0.356 e. The highest BCUT2D eigenvalue weighted by Gasteiger charge is 2.53. The number of amides is 2. The lowest BCUT2D eigenvalue weighted by atomic mass is 10.1. The predicted molar refractivity (Wildman–Crippen MR) is 190 cm³/mol. The van der Waals surface area contributed by atoms with Crippen LogP contribution >= 0.6 is 67.7 Å². The van der Waals surface area contributed by atoms with Gasteiger partial charge in [0.15, 0.2) is 20.4 Å². The van der Waals surface area contributed by atoms with E-state index < -0.39 is 61.9 Å². The zero-order chi connectivity index (χ0) is 36.2. The molecule has 3 aromatic carbocycles. The topological polar surface area (TPSA) is 178 Å². The first kappa shape index (κ1) is 37.2. The molecule has 2 atom stereocenters. The van der Waals surface area contributed by atoms with Gasteiger partial charge in [0.1, 0.15) is 22.9 Å². The van der Waals surface area contributed by atoms with Crippen molar-refractivity contribution in [2.24, 2.45) is 0 Å². The van der Waals surface area contributed by atoms with Crippen molar-refractivity contribution in [2.75, 3.05) is 6.61 Å². The number of non-ortho nitro benzene ring substituents is 1. The molecule has 1 fully saturated rings. The average molecular weight is 798 g/mol. The lowest BCUT2D eigenvalue weighted by molar-refractivity contribution is -0.384. The number of esters is 1. The van der Waals surface area contributed by atoms with Crippen molar-refractivity contribution in [3.63, 3.8) is 0 Å². The third-order valence-electron chi connectivity index (χ3n) is 6.90. The van der Waals surface area contributed by atoms with Crippen LogP contribution in [0.2, 0.25) is 0 Å². The highest BCUT2D eigenvalue weighted by atomic mass is 35.6. The zero-order valence-corrected chi connectivity index (χ0v) is 30.1. The summed E-state index contributed by atoms with van der Waals surface area (Å²) in [5.41, 5.74) is 0.380. The Balaban J connectivity index is 1.39. The van der Waals surface area contributed by atoms with Crippen molar-refractivity contribution in [1.29, 1.82) is 0 Å². The summed E-state index contributed by atoms with van der Waals surface area (Å²) in [6, 6.07) is 17.2. The number of para-hydroxylation sites is 1. The van der Waals surface area contributed by atoms with Gasteiger partial charge in [-0.25, -0.2) is 14.6 Å². The number of alkyl halides is 3. The second-order valence-corrected chi connectivity index (χ2v) is 16.4. The number of nitro groups is 1. The molecule has 1 aliphatic heterocycles. The number of rotatable bonds is 13. The first-order valence-electron chi connectivity index (χ1n) is 14.2. The molecule has 1 saturated heterocycles. The highest BCUT2D eigenvalue weighted by Crippen LogP contribution is 2.46. The lowest BCUT2D eigenvalue weighted by Gasteiger charge is -2.46. The summed E-state index contributed by atoms with van der Waals surface area (Å²) in [6.07, 6.45) is 0.128. The lowest BCUT2D eigenvalue weighted by Crippen LogP contribution is -2.69. The number of aliphatic carboxylic acids is 1. The maximum atomic E-state index is 13.5. The van der Waals surface area contributed by atoms with Crippen LogP contribution in [-0.4, -0.2) is 65.5 Å². The number of thiazole rings is 1. The molecule has 0 saturated carbocycles. The van der Waals surface area contributed by atoms with Crippen LogP contribution < -0.4 is 10.1 Å². The van der Waals surface area contributed by atoms with Crippen LogP contribution in [0.15, 0.2) is 88.6 Å². The number of β-lactam (4-membered cyclic amide) rings is 1. The third-order valence-corrected chi connectivity index (χ3v) is 11.4. The van der Waals surface area contributed by atoms with Crippen LogP contribution in [0.1, 0.15) is 22.8 Å². The molecule has 0 bridgehead atoms. The second kappa shape index (κ2) is 15.9. The largest absolute Gasteiger partial charge is 0.484 e.